The van der Waals surface area contributed by atoms with Crippen LogP contribution >= 0.6 is 0 Å². The third-order valence-electron chi connectivity index (χ3n) is 4.87. The lowest BCUT2D eigenvalue weighted by Gasteiger charge is -2.29. The number of nitrogens with one attached hydrogen (secondary N) is 1. The van der Waals surface area contributed by atoms with Crippen molar-refractivity contribution in [1.29, 1.82) is 0 Å². The average molecular weight is 416 g/mol. The van der Waals surface area contributed by atoms with Crippen molar-refractivity contribution >= 4 is 11.8 Å². The molecular formula is C23H29FN2O4. The molecule has 0 saturated carbocycles. The Morgan fingerprint density at radius 1 is 1.10 bits per heavy atom. The smallest absolute Gasteiger partial charge is 0.261 e. The van der Waals surface area contributed by atoms with Gasteiger partial charge in [-0.25, -0.2) is 4.39 Å². The summed E-state index contributed by atoms with van der Waals surface area (Å²) in [6.07, 6.45) is 0.779. The predicted molar refractivity (Wildman–Crippen MR) is 113 cm³/mol. The van der Waals surface area contributed by atoms with Gasteiger partial charge in [0.25, 0.3) is 5.91 Å². The molecule has 0 radical (unpaired) electrons. The van der Waals surface area contributed by atoms with Gasteiger partial charge in [0, 0.05) is 12.6 Å². The summed E-state index contributed by atoms with van der Waals surface area (Å²) < 4.78 is 24.3. The van der Waals surface area contributed by atoms with Crippen LogP contribution in [0.4, 0.5) is 4.39 Å². The first-order chi connectivity index (χ1) is 14.3. The van der Waals surface area contributed by atoms with E-state index in [2.05, 4.69) is 5.32 Å². The number of carbonyl (C=O) groups excluding carboxylic acids is 2. The Balaban J connectivity index is 2.16. The summed E-state index contributed by atoms with van der Waals surface area (Å²) in [6.45, 7) is 5.37. The van der Waals surface area contributed by atoms with Crippen molar-refractivity contribution in [1.82, 2.24) is 10.2 Å². The van der Waals surface area contributed by atoms with Crippen LogP contribution in [0.1, 0.15) is 32.8 Å². The Morgan fingerprint density at radius 2 is 1.77 bits per heavy atom. The zero-order valence-electron chi connectivity index (χ0n) is 17.9. The number of hydrogen-bond acceptors (Lipinski definition) is 4. The lowest BCUT2D eigenvalue weighted by Crippen LogP contribution is -2.50. The van der Waals surface area contributed by atoms with Crippen LogP contribution in [-0.2, 0) is 16.1 Å². The van der Waals surface area contributed by atoms with Crippen molar-refractivity contribution in [2.75, 3.05) is 13.7 Å². The maximum atomic E-state index is 13.8. The summed E-state index contributed by atoms with van der Waals surface area (Å²) in [6, 6.07) is 12.4. The minimum Gasteiger partial charge on any atom is -0.497 e. The molecule has 30 heavy (non-hydrogen) atoms. The number of halogens is 1. The first kappa shape index (κ1) is 23.2. The Bertz CT molecular complexity index is 841. The second kappa shape index (κ2) is 11.2. The molecule has 0 unspecified atom stereocenters. The largest absolute Gasteiger partial charge is 0.497 e. The maximum absolute atomic E-state index is 13.8. The normalized spacial score (nSPS) is 12.6. The Morgan fingerprint density at radius 3 is 2.37 bits per heavy atom. The minimum atomic E-state index is -0.724. The monoisotopic (exact) mass is 416 g/mol. The fraction of sp³-hybridized carbons (Fsp3) is 0.391. The van der Waals surface area contributed by atoms with Gasteiger partial charge >= 0.3 is 0 Å². The fourth-order valence-electron chi connectivity index (χ4n) is 2.76. The highest BCUT2D eigenvalue weighted by atomic mass is 19.1. The van der Waals surface area contributed by atoms with Crippen molar-refractivity contribution in [3.8, 4) is 11.5 Å². The van der Waals surface area contributed by atoms with E-state index in [0.717, 1.165) is 12.0 Å². The molecule has 0 heterocycles. The quantitative estimate of drug-likeness (QED) is 0.643. The number of hydrogen-bond donors (Lipinski definition) is 1. The first-order valence-corrected chi connectivity index (χ1v) is 9.95. The zero-order chi connectivity index (χ0) is 22.1. The van der Waals surface area contributed by atoms with E-state index in [1.165, 1.54) is 17.0 Å². The molecule has 0 spiro atoms. The molecule has 0 aliphatic heterocycles. The number of nitrogens with zero attached hydrogens (tertiary/aromatic N) is 1. The van der Waals surface area contributed by atoms with Crippen LogP contribution < -0.4 is 14.8 Å². The molecule has 6 nitrogen and oxygen atoms in total. The van der Waals surface area contributed by atoms with E-state index in [9.17, 15) is 14.0 Å². The first-order valence-electron chi connectivity index (χ1n) is 9.95. The zero-order valence-corrected chi connectivity index (χ0v) is 17.9. The van der Waals surface area contributed by atoms with Gasteiger partial charge in [-0.2, -0.15) is 0 Å². The van der Waals surface area contributed by atoms with Gasteiger partial charge in [-0.1, -0.05) is 31.2 Å². The molecule has 2 aromatic rings. The molecular weight excluding hydrogens is 387 g/mol. The molecule has 0 aromatic heterocycles. The summed E-state index contributed by atoms with van der Waals surface area (Å²) in [5.74, 6) is -0.526. The van der Waals surface area contributed by atoms with Crippen LogP contribution in [0.25, 0.3) is 0 Å². The highest BCUT2D eigenvalue weighted by Gasteiger charge is 2.27. The molecule has 162 valence electrons. The van der Waals surface area contributed by atoms with Crippen LogP contribution in [0, 0.1) is 5.82 Å². The van der Waals surface area contributed by atoms with Gasteiger partial charge in [-0.3, -0.25) is 9.59 Å². The lowest BCUT2D eigenvalue weighted by molar-refractivity contribution is -0.142. The fourth-order valence-corrected chi connectivity index (χ4v) is 2.76. The Kier molecular flexibility index (Phi) is 8.65. The van der Waals surface area contributed by atoms with Gasteiger partial charge in [-0.05, 0) is 50.1 Å². The summed E-state index contributed by atoms with van der Waals surface area (Å²) in [5, 5.41) is 2.90. The van der Waals surface area contributed by atoms with E-state index >= 15 is 0 Å². The number of benzene rings is 2. The lowest BCUT2D eigenvalue weighted by atomic mass is 10.1. The van der Waals surface area contributed by atoms with Crippen LogP contribution in [0.2, 0.25) is 0 Å². The average Bonchev–Trinajstić information content (AvgIpc) is 2.76. The molecule has 0 fully saturated rings. The van der Waals surface area contributed by atoms with E-state index < -0.39 is 17.8 Å². The maximum Gasteiger partial charge on any atom is 0.261 e. The van der Waals surface area contributed by atoms with Crippen LogP contribution in [0.15, 0.2) is 48.5 Å². The van der Waals surface area contributed by atoms with E-state index in [4.69, 9.17) is 9.47 Å². The van der Waals surface area contributed by atoms with E-state index in [1.807, 2.05) is 26.0 Å². The molecule has 0 aliphatic carbocycles. The SMILES string of the molecule is CC[C@H](C)NC(=O)[C@@H](C)N(Cc1ccc(OC)cc1)C(=O)COc1ccccc1F. The van der Waals surface area contributed by atoms with Crippen LogP contribution in [-0.4, -0.2) is 42.5 Å². The second-order valence-corrected chi connectivity index (χ2v) is 7.08. The van der Waals surface area contributed by atoms with Crippen LogP contribution in [0.3, 0.4) is 0 Å². The molecule has 1 N–H and O–H groups in total. The number of para-hydroxylation sites is 1. The predicted octanol–water partition coefficient (Wildman–Crippen LogP) is 3.55. The topological polar surface area (TPSA) is 67.9 Å². The summed E-state index contributed by atoms with van der Waals surface area (Å²) >= 11 is 0. The number of rotatable bonds is 10. The number of methoxy groups -OCH3 is 1. The van der Waals surface area contributed by atoms with E-state index in [1.54, 1.807) is 38.3 Å². The molecule has 0 saturated heterocycles. The second-order valence-electron chi connectivity index (χ2n) is 7.08. The van der Waals surface area contributed by atoms with Crippen molar-refractivity contribution < 1.29 is 23.5 Å². The standard InChI is InChI=1S/C23H29FN2O4/c1-5-16(2)25-23(28)17(3)26(14-18-10-12-19(29-4)13-11-18)22(27)15-30-21-9-7-6-8-20(21)24/h6-13,16-17H,5,14-15H2,1-4H3,(H,25,28)/t16-,17+/m0/s1. The molecule has 2 aromatic carbocycles. The highest BCUT2D eigenvalue weighted by Crippen LogP contribution is 2.17. The van der Waals surface area contributed by atoms with Gasteiger partial charge in [0.15, 0.2) is 18.2 Å². The Hall–Kier alpha value is -3.09. The summed E-state index contributed by atoms with van der Waals surface area (Å²) in [5.41, 5.74) is 0.832. The molecule has 0 aliphatic rings. The summed E-state index contributed by atoms with van der Waals surface area (Å²) in [7, 11) is 1.58. The third kappa shape index (κ3) is 6.47. The van der Waals surface area contributed by atoms with Gasteiger partial charge < -0.3 is 19.7 Å². The van der Waals surface area contributed by atoms with Crippen molar-refractivity contribution in [3.05, 3.63) is 59.9 Å². The molecule has 2 rings (SSSR count). The van der Waals surface area contributed by atoms with E-state index in [-0.39, 0.29) is 30.9 Å². The number of carbonyl (C=O) groups is 2. The van der Waals surface area contributed by atoms with Gasteiger partial charge in [-0.15, -0.1) is 0 Å². The van der Waals surface area contributed by atoms with E-state index in [0.29, 0.717) is 5.75 Å². The van der Waals surface area contributed by atoms with Gasteiger partial charge in [0.2, 0.25) is 5.91 Å². The number of ether oxygens (including phenoxy) is 2. The molecule has 7 heteroatoms. The number of amides is 2. The van der Waals surface area contributed by atoms with Crippen molar-refractivity contribution in [3.63, 3.8) is 0 Å². The Labute approximate surface area is 177 Å². The molecule has 2 amide bonds. The van der Waals surface area contributed by atoms with Crippen molar-refractivity contribution in [2.24, 2.45) is 0 Å². The van der Waals surface area contributed by atoms with Gasteiger partial charge in [0.1, 0.15) is 11.8 Å². The van der Waals surface area contributed by atoms with Gasteiger partial charge in [0.05, 0.1) is 7.11 Å². The summed E-state index contributed by atoms with van der Waals surface area (Å²) in [4.78, 5) is 27.0. The van der Waals surface area contributed by atoms with Crippen LogP contribution in [0.5, 0.6) is 11.5 Å². The molecule has 2 atom stereocenters. The molecule has 0 bridgehead atoms. The third-order valence-corrected chi connectivity index (χ3v) is 4.87. The highest BCUT2D eigenvalue weighted by molar-refractivity contribution is 5.88. The van der Waals surface area contributed by atoms with Crippen molar-refractivity contribution in [2.45, 2.75) is 45.8 Å². The minimum absolute atomic E-state index is 0.00690.